The number of halogens is 2. The van der Waals surface area contributed by atoms with Crippen LogP contribution in [0.4, 0.5) is 0 Å². The van der Waals surface area contributed by atoms with Crippen LogP contribution in [0.3, 0.4) is 0 Å². The molecule has 2 unspecified atom stereocenters. The van der Waals surface area contributed by atoms with E-state index in [2.05, 4.69) is 10.3 Å². The third kappa shape index (κ3) is 4.06. The van der Waals surface area contributed by atoms with E-state index in [0.29, 0.717) is 17.4 Å². The molecule has 160 valence electrons. The largest absolute Gasteiger partial charge is 0.349 e. The number of aryl methyl sites for hydroxylation is 1. The number of carbonyl (C=O) groups excluding carboxylic acids is 1. The Bertz CT molecular complexity index is 1020. The highest BCUT2D eigenvalue weighted by Gasteiger charge is 2.40. The second kappa shape index (κ2) is 8.85. The third-order valence-corrected chi connectivity index (χ3v) is 6.23. The van der Waals surface area contributed by atoms with Crippen LogP contribution < -0.4 is 22.3 Å². The van der Waals surface area contributed by atoms with Gasteiger partial charge in [-0.3, -0.25) is 18.7 Å². The monoisotopic (exact) mass is 443 g/mol. The molecule has 0 aromatic carbocycles. The van der Waals surface area contributed by atoms with Gasteiger partial charge in [-0.05, 0) is 43.6 Å². The van der Waals surface area contributed by atoms with Crippen LogP contribution in [0.15, 0.2) is 21.9 Å². The quantitative estimate of drug-likeness (QED) is 0.721. The van der Waals surface area contributed by atoms with Gasteiger partial charge in [0.25, 0.3) is 11.5 Å². The highest BCUT2D eigenvalue weighted by Crippen LogP contribution is 2.39. The minimum Gasteiger partial charge on any atom is -0.349 e. The van der Waals surface area contributed by atoms with Crippen molar-refractivity contribution in [1.29, 1.82) is 0 Å². The molecule has 2 atom stereocenters. The van der Waals surface area contributed by atoms with Crippen LogP contribution in [0.5, 0.6) is 0 Å². The maximum Gasteiger partial charge on any atom is 0.332 e. The van der Waals surface area contributed by atoms with Crippen molar-refractivity contribution in [2.45, 2.75) is 44.2 Å². The van der Waals surface area contributed by atoms with Crippen molar-refractivity contribution < 1.29 is 4.79 Å². The molecule has 2 aromatic heterocycles. The van der Waals surface area contributed by atoms with E-state index in [1.54, 1.807) is 7.05 Å². The molecule has 2 aliphatic rings. The number of hydrogen-bond donors (Lipinski definition) is 2. The van der Waals surface area contributed by atoms with E-state index in [1.165, 1.54) is 30.3 Å². The van der Waals surface area contributed by atoms with Gasteiger partial charge in [0.05, 0.1) is 10.9 Å². The number of nitrogens with one attached hydrogen (secondary N) is 1. The number of aromatic nitrogens is 3. The van der Waals surface area contributed by atoms with Crippen LogP contribution in [0, 0.1) is 11.8 Å². The number of pyridine rings is 1. The molecule has 0 aliphatic heterocycles. The van der Waals surface area contributed by atoms with Crippen LogP contribution in [0.2, 0.25) is 0 Å². The molecule has 3 N–H and O–H groups in total. The smallest absolute Gasteiger partial charge is 0.332 e. The Labute approximate surface area is 180 Å². The molecule has 0 radical (unpaired) electrons. The second-order valence-corrected chi connectivity index (χ2v) is 7.98. The highest BCUT2D eigenvalue weighted by molar-refractivity contribution is 5.96. The predicted octanol–water partition coefficient (Wildman–Crippen LogP) is 1.11. The van der Waals surface area contributed by atoms with Crippen LogP contribution in [0.1, 0.15) is 42.5 Å². The van der Waals surface area contributed by atoms with Gasteiger partial charge in [-0.25, -0.2) is 9.78 Å². The molecule has 2 heterocycles. The molecule has 29 heavy (non-hydrogen) atoms. The highest BCUT2D eigenvalue weighted by atomic mass is 35.5. The van der Waals surface area contributed by atoms with Gasteiger partial charge in [-0.2, -0.15) is 0 Å². The molecule has 0 spiro atoms. The molecule has 2 saturated carbocycles. The van der Waals surface area contributed by atoms with E-state index in [9.17, 15) is 14.4 Å². The van der Waals surface area contributed by atoms with Crippen LogP contribution in [0.25, 0.3) is 11.0 Å². The molecule has 4 rings (SSSR count). The first-order valence-electron chi connectivity index (χ1n) is 9.49. The summed E-state index contributed by atoms with van der Waals surface area (Å²) in [5.41, 5.74) is 5.89. The van der Waals surface area contributed by atoms with E-state index in [1.807, 2.05) is 0 Å². The van der Waals surface area contributed by atoms with E-state index in [0.717, 1.165) is 30.3 Å². The van der Waals surface area contributed by atoms with Gasteiger partial charge < -0.3 is 11.1 Å². The standard InChI is InChI=1S/C19H25N5O3.2ClH/c1-23-16-14(18(26)24(2)19(23)27)8-12(9-21-16)17(25)22-15-10-4-3-5-11(15)7-13(20)6-10;;/h8-11,13,15H,3-7,20H2,1-2H3,(H,22,25);2*1H. The Morgan fingerprint density at radius 3 is 2.38 bits per heavy atom. The van der Waals surface area contributed by atoms with Crippen LogP contribution in [-0.4, -0.2) is 32.1 Å². The molecular formula is C19H27Cl2N5O3. The van der Waals surface area contributed by atoms with Gasteiger partial charge in [0.15, 0.2) is 0 Å². The zero-order valence-electron chi connectivity index (χ0n) is 16.5. The fraction of sp³-hybridized carbons (Fsp3) is 0.579. The lowest BCUT2D eigenvalue weighted by molar-refractivity contribution is 0.0756. The van der Waals surface area contributed by atoms with E-state index >= 15 is 0 Å². The number of amides is 1. The van der Waals surface area contributed by atoms with Crippen LogP contribution >= 0.6 is 24.8 Å². The summed E-state index contributed by atoms with van der Waals surface area (Å²) < 4.78 is 2.34. The Balaban J connectivity index is 0.00000150. The van der Waals surface area contributed by atoms with Crippen molar-refractivity contribution in [3.8, 4) is 0 Å². The molecule has 2 fully saturated rings. The summed E-state index contributed by atoms with van der Waals surface area (Å²) in [6.07, 6.45) is 6.69. The molecule has 1 amide bonds. The summed E-state index contributed by atoms with van der Waals surface area (Å²) in [4.78, 5) is 41.5. The maximum absolute atomic E-state index is 12.9. The second-order valence-electron chi connectivity index (χ2n) is 7.98. The van der Waals surface area contributed by atoms with Crippen molar-refractivity contribution in [2.75, 3.05) is 0 Å². The summed E-state index contributed by atoms with van der Waals surface area (Å²) in [5, 5.41) is 3.43. The molecule has 8 nitrogen and oxygen atoms in total. The lowest BCUT2D eigenvalue weighted by Crippen LogP contribution is -2.53. The average Bonchev–Trinajstić information content (AvgIpc) is 2.64. The minimum atomic E-state index is -0.448. The Morgan fingerprint density at radius 1 is 1.14 bits per heavy atom. The topological polar surface area (TPSA) is 112 Å². The average molecular weight is 444 g/mol. The first-order chi connectivity index (χ1) is 12.9. The van der Waals surface area contributed by atoms with Gasteiger partial charge in [0, 0.05) is 32.4 Å². The van der Waals surface area contributed by atoms with E-state index in [-0.39, 0.29) is 53.8 Å². The zero-order chi connectivity index (χ0) is 19.3. The van der Waals surface area contributed by atoms with Gasteiger partial charge in [0.2, 0.25) is 0 Å². The first kappa shape index (κ1) is 23.4. The maximum atomic E-state index is 12.9. The normalized spacial score (nSPS) is 25.6. The number of carbonyl (C=O) groups is 1. The number of rotatable bonds is 2. The fourth-order valence-electron chi connectivity index (χ4n) is 4.85. The third-order valence-electron chi connectivity index (χ3n) is 6.23. The van der Waals surface area contributed by atoms with E-state index < -0.39 is 11.2 Å². The number of hydrogen-bond acceptors (Lipinski definition) is 5. The van der Waals surface area contributed by atoms with Crippen molar-refractivity contribution in [2.24, 2.45) is 31.7 Å². The van der Waals surface area contributed by atoms with Gasteiger partial charge >= 0.3 is 5.69 Å². The molecule has 2 aromatic rings. The molecule has 2 aliphatic carbocycles. The summed E-state index contributed by atoms with van der Waals surface area (Å²) in [7, 11) is 2.98. The van der Waals surface area contributed by atoms with Gasteiger partial charge in [-0.15, -0.1) is 24.8 Å². The number of nitrogens with zero attached hydrogens (tertiary/aromatic N) is 3. The summed E-state index contributed by atoms with van der Waals surface area (Å²) in [6, 6.07) is 1.88. The SMILES string of the molecule is Cl.Cl.Cn1c(=O)c2cc(C(=O)NC3C4CCCC3CC(N)C4)cnc2n(C)c1=O. The summed E-state index contributed by atoms with van der Waals surface area (Å²) >= 11 is 0. The van der Waals surface area contributed by atoms with Crippen LogP contribution in [-0.2, 0) is 14.1 Å². The van der Waals surface area contributed by atoms with Crippen molar-refractivity contribution >= 4 is 41.8 Å². The van der Waals surface area contributed by atoms with Crippen molar-refractivity contribution in [3.63, 3.8) is 0 Å². The summed E-state index contributed by atoms with van der Waals surface area (Å²) in [6.45, 7) is 0. The molecule has 10 heteroatoms. The minimum absolute atomic E-state index is 0. The molecule has 0 saturated heterocycles. The van der Waals surface area contributed by atoms with Gasteiger partial charge in [-0.1, -0.05) is 6.42 Å². The fourth-order valence-corrected chi connectivity index (χ4v) is 4.85. The Kier molecular flexibility index (Phi) is 7.14. The van der Waals surface area contributed by atoms with Crippen molar-refractivity contribution in [1.82, 2.24) is 19.4 Å². The summed E-state index contributed by atoms with van der Waals surface area (Å²) in [5.74, 6) is 0.606. The predicted molar refractivity (Wildman–Crippen MR) is 116 cm³/mol. The molecular weight excluding hydrogens is 417 g/mol. The van der Waals surface area contributed by atoms with E-state index in [4.69, 9.17) is 5.73 Å². The molecule has 2 bridgehead atoms. The Hall–Kier alpha value is -1.90. The van der Waals surface area contributed by atoms with Gasteiger partial charge in [0.1, 0.15) is 5.65 Å². The number of fused-ring (bicyclic) bond motifs is 3. The first-order valence-corrected chi connectivity index (χ1v) is 9.49. The van der Waals surface area contributed by atoms with Crippen molar-refractivity contribution in [3.05, 3.63) is 38.7 Å². The zero-order valence-corrected chi connectivity index (χ0v) is 18.1. The lowest BCUT2D eigenvalue weighted by atomic mass is 9.67. The number of nitrogens with two attached hydrogens (primary N) is 1. The Morgan fingerprint density at radius 2 is 1.76 bits per heavy atom. The lowest BCUT2D eigenvalue weighted by Gasteiger charge is -2.45.